The molecule has 4 rings (SSSR count). The molecule has 1 N–H and O–H groups in total. The van der Waals surface area contributed by atoms with Gasteiger partial charge in [-0.05, 0) is 61.7 Å². The Kier molecular flexibility index (Phi) is 4.65. The molecule has 2 aromatic heterocycles. The molecule has 0 saturated heterocycles. The molecule has 0 amide bonds. The molecule has 4 aromatic rings. The van der Waals surface area contributed by atoms with Crippen LogP contribution in [0.3, 0.4) is 0 Å². The van der Waals surface area contributed by atoms with E-state index in [-0.39, 0.29) is 5.56 Å². The number of nitrogens with one attached hydrogen (secondary N) is 1. The average Bonchev–Trinajstić information content (AvgIpc) is 3.05. The summed E-state index contributed by atoms with van der Waals surface area (Å²) in [6, 6.07) is 20.0. The van der Waals surface area contributed by atoms with E-state index in [9.17, 15) is 4.79 Å². The lowest BCUT2D eigenvalue weighted by Gasteiger charge is -2.08. The van der Waals surface area contributed by atoms with Crippen LogP contribution in [0.15, 0.2) is 65.5 Å². The van der Waals surface area contributed by atoms with Gasteiger partial charge in [0.2, 0.25) is 0 Å². The summed E-state index contributed by atoms with van der Waals surface area (Å²) in [6.07, 6.45) is 0.607. The van der Waals surface area contributed by atoms with Crippen molar-refractivity contribution in [2.45, 2.75) is 27.2 Å². The number of aromatic nitrogens is 4. The Bertz CT molecular complexity index is 1170. The van der Waals surface area contributed by atoms with E-state index in [1.807, 2.05) is 37.3 Å². The van der Waals surface area contributed by atoms with Gasteiger partial charge in [0, 0.05) is 12.1 Å². The third-order valence-electron chi connectivity index (χ3n) is 4.60. The van der Waals surface area contributed by atoms with Crippen LogP contribution in [0, 0.1) is 20.8 Å². The van der Waals surface area contributed by atoms with E-state index in [1.165, 1.54) is 0 Å². The summed E-state index contributed by atoms with van der Waals surface area (Å²) in [5.74, 6) is 1.23. The molecular formula is C23H22N4O. The molecule has 0 spiro atoms. The van der Waals surface area contributed by atoms with E-state index >= 15 is 0 Å². The lowest BCUT2D eigenvalue weighted by atomic mass is 10.1. The number of nitrogens with zero attached hydrogens (tertiary/aromatic N) is 3. The average molecular weight is 370 g/mol. The van der Waals surface area contributed by atoms with Gasteiger partial charge in [0.05, 0.1) is 11.3 Å². The molecule has 0 unspecified atom stereocenters. The van der Waals surface area contributed by atoms with Crippen LogP contribution in [0.5, 0.6) is 0 Å². The van der Waals surface area contributed by atoms with Gasteiger partial charge in [-0.3, -0.25) is 4.79 Å². The van der Waals surface area contributed by atoms with E-state index in [2.05, 4.69) is 49.2 Å². The van der Waals surface area contributed by atoms with Crippen molar-refractivity contribution in [1.82, 2.24) is 19.7 Å². The van der Waals surface area contributed by atoms with E-state index in [4.69, 9.17) is 10.1 Å². The van der Waals surface area contributed by atoms with Gasteiger partial charge in [-0.15, -0.1) is 0 Å². The molecule has 5 heteroatoms. The fraction of sp³-hybridized carbons (Fsp3) is 0.174. The summed E-state index contributed by atoms with van der Waals surface area (Å²) < 4.78 is 1.78. The third-order valence-corrected chi connectivity index (χ3v) is 4.60. The smallest absolute Gasteiger partial charge is 0.259 e. The highest BCUT2D eigenvalue weighted by Gasteiger charge is 2.17. The molecule has 0 bridgehead atoms. The number of aromatic amines is 1. The molecule has 5 nitrogen and oxygen atoms in total. The van der Waals surface area contributed by atoms with Gasteiger partial charge in [0.25, 0.3) is 5.56 Å². The van der Waals surface area contributed by atoms with Gasteiger partial charge in [0.1, 0.15) is 0 Å². The minimum absolute atomic E-state index is 0.163. The number of aryl methyl sites for hydroxylation is 3. The lowest BCUT2D eigenvalue weighted by Crippen LogP contribution is -2.13. The molecule has 0 aliphatic heterocycles. The second kappa shape index (κ2) is 7.27. The van der Waals surface area contributed by atoms with E-state index in [0.717, 1.165) is 28.1 Å². The minimum atomic E-state index is -0.163. The van der Waals surface area contributed by atoms with Crippen molar-refractivity contribution >= 4 is 0 Å². The van der Waals surface area contributed by atoms with Gasteiger partial charge >= 0.3 is 0 Å². The summed E-state index contributed by atoms with van der Waals surface area (Å²) >= 11 is 0. The summed E-state index contributed by atoms with van der Waals surface area (Å²) in [5.41, 5.74) is 5.47. The molecule has 2 aromatic carbocycles. The Balaban J connectivity index is 1.88. The largest absolute Gasteiger partial charge is 0.326 e. The standard InChI is InChI=1S/C23H22N4O/c1-15-11-16(2)13-19(12-15)27-22(20-10-9-17(3)24-23(20)28)25-21(26-27)14-18-7-5-4-6-8-18/h4-13H,14H2,1-3H3,(H,24,28). The highest BCUT2D eigenvalue weighted by Crippen LogP contribution is 2.21. The Hall–Kier alpha value is -3.47. The first-order chi connectivity index (χ1) is 13.5. The van der Waals surface area contributed by atoms with Crippen LogP contribution in [0.4, 0.5) is 0 Å². The van der Waals surface area contributed by atoms with Crippen molar-refractivity contribution < 1.29 is 0 Å². The third kappa shape index (κ3) is 3.64. The number of hydrogen-bond donors (Lipinski definition) is 1. The first-order valence-electron chi connectivity index (χ1n) is 9.28. The molecular weight excluding hydrogens is 348 g/mol. The lowest BCUT2D eigenvalue weighted by molar-refractivity contribution is 0.849. The zero-order chi connectivity index (χ0) is 19.7. The SMILES string of the molecule is Cc1cc(C)cc(-n2nc(Cc3ccccc3)nc2-c2ccc(C)[nH]c2=O)c1. The predicted octanol–water partition coefficient (Wildman–Crippen LogP) is 4.14. The predicted molar refractivity (Wildman–Crippen MR) is 111 cm³/mol. The number of benzene rings is 2. The maximum Gasteiger partial charge on any atom is 0.259 e. The molecule has 0 atom stereocenters. The molecule has 0 saturated carbocycles. The van der Waals surface area contributed by atoms with Crippen LogP contribution in [0.25, 0.3) is 17.1 Å². The number of hydrogen-bond acceptors (Lipinski definition) is 3. The van der Waals surface area contributed by atoms with Crippen LogP contribution in [-0.2, 0) is 6.42 Å². The Labute approximate surface area is 163 Å². The van der Waals surface area contributed by atoms with Crippen LogP contribution < -0.4 is 5.56 Å². The Morgan fingerprint density at radius 3 is 2.32 bits per heavy atom. The minimum Gasteiger partial charge on any atom is -0.326 e. The fourth-order valence-electron chi connectivity index (χ4n) is 3.38. The van der Waals surface area contributed by atoms with Crippen molar-refractivity contribution in [1.29, 1.82) is 0 Å². The molecule has 140 valence electrons. The topological polar surface area (TPSA) is 63.6 Å². The van der Waals surface area contributed by atoms with Gasteiger partial charge in [-0.25, -0.2) is 9.67 Å². The summed E-state index contributed by atoms with van der Waals surface area (Å²) in [7, 11) is 0. The van der Waals surface area contributed by atoms with E-state index in [0.29, 0.717) is 23.6 Å². The van der Waals surface area contributed by atoms with E-state index in [1.54, 1.807) is 4.68 Å². The fourth-order valence-corrected chi connectivity index (χ4v) is 3.38. The molecule has 28 heavy (non-hydrogen) atoms. The van der Waals surface area contributed by atoms with Crippen LogP contribution in [-0.4, -0.2) is 19.7 Å². The quantitative estimate of drug-likeness (QED) is 0.587. The Morgan fingerprint density at radius 1 is 0.929 bits per heavy atom. The summed E-state index contributed by atoms with van der Waals surface area (Å²) in [6.45, 7) is 5.97. The zero-order valence-electron chi connectivity index (χ0n) is 16.2. The van der Waals surface area contributed by atoms with Crippen LogP contribution in [0.1, 0.15) is 28.2 Å². The van der Waals surface area contributed by atoms with Crippen LogP contribution in [0.2, 0.25) is 0 Å². The molecule has 0 fully saturated rings. The maximum absolute atomic E-state index is 12.6. The first kappa shape index (κ1) is 17.9. The van der Waals surface area contributed by atoms with Gasteiger partial charge < -0.3 is 4.98 Å². The van der Waals surface area contributed by atoms with Crippen molar-refractivity contribution in [3.63, 3.8) is 0 Å². The van der Waals surface area contributed by atoms with Crippen molar-refractivity contribution in [3.05, 3.63) is 99.2 Å². The van der Waals surface area contributed by atoms with Gasteiger partial charge in [-0.1, -0.05) is 36.4 Å². The number of rotatable bonds is 4. The molecule has 2 heterocycles. The summed E-state index contributed by atoms with van der Waals surface area (Å²) in [4.78, 5) is 20.2. The Morgan fingerprint density at radius 2 is 1.64 bits per heavy atom. The normalized spacial score (nSPS) is 11.0. The zero-order valence-corrected chi connectivity index (χ0v) is 16.2. The number of H-pyrrole nitrogens is 1. The van der Waals surface area contributed by atoms with Crippen molar-refractivity contribution in [3.8, 4) is 17.1 Å². The monoisotopic (exact) mass is 370 g/mol. The van der Waals surface area contributed by atoms with Crippen molar-refractivity contribution in [2.24, 2.45) is 0 Å². The molecule has 0 aliphatic rings. The second-order valence-corrected chi connectivity index (χ2v) is 7.16. The second-order valence-electron chi connectivity index (χ2n) is 7.16. The molecule has 0 radical (unpaired) electrons. The number of pyridine rings is 1. The highest BCUT2D eigenvalue weighted by molar-refractivity contribution is 5.57. The van der Waals surface area contributed by atoms with Crippen molar-refractivity contribution in [2.75, 3.05) is 0 Å². The van der Waals surface area contributed by atoms with Gasteiger partial charge in [-0.2, -0.15) is 5.10 Å². The van der Waals surface area contributed by atoms with Gasteiger partial charge in [0.15, 0.2) is 11.6 Å². The van der Waals surface area contributed by atoms with E-state index < -0.39 is 0 Å². The maximum atomic E-state index is 12.6. The highest BCUT2D eigenvalue weighted by atomic mass is 16.1. The first-order valence-corrected chi connectivity index (χ1v) is 9.28. The van der Waals surface area contributed by atoms with Crippen LogP contribution >= 0.6 is 0 Å². The summed E-state index contributed by atoms with van der Waals surface area (Å²) in [5, 5.41) is 4.75. The molecule has 0 aliphatic carbocycles.